The second-order valence-corrected chi connectivity index (χ2v) is 6.70. The second kappa shape index (κ2) is 8.82. The smallest absolute Gasteiger partial charge is 0.330 e. The van der Waals surface area contributed by atoms with Gasteiger partial charge in [-0.3, -0.25) is 4.79 Å². The van der Waals surface area contributed by atoms with E-state index in [1.165, 1.54) is 0 Å². The number of aliphatic carboxylic acids is 1. The zero-order valence-corrected chi connectivity index (χ0v) is 14.6. The molecule has 0 bridgehead atoms. The van der Waals surface area contributed by atoms with E-state index in [0.29, 0.717) is 37.6 Å². The first kappa shape index (κ1) is 18.4. The average molecular weight is 353 g/mol. The number of carbonyl (C=O) groups is 2. The highest BCUT2D eigenvalue weighted by molar-refractivity contribution is 7.99. The first-order valence-electron chi connectivity index (χ1n) is 8.03. The van der Waals surface area contributed by atoms with E-state index in [-0.39, 0.29) is 12.3 Å². The highest BCUT2D eigenvalue weighted by Crippen LogP contribution is 2.28. The number of carbonyl (C=O) groups excluding carboxylic acids is 1. The molecule has 7 heteroatoms. The Morgan fingerprint density at radius 3 is 2.46 bits per heavy atom. The first-order valence-corrected chi connectivity index (χ1v) is 9.19. The van der Waals surface area contributed by atoms with E-state index in [0.717, 1.165) is 11.5 Å². The summed E-state index contributed by atoms with van der Waals surface area (Å²) in [5.41, 5.74) is -1.10. The number of hydrogen-bond donors (Lipinski definition) is 2. The molecule has 1 amide bonds. The van der Waals surface area contributed by atoms with Crippen LogP contribution in [-0.2, 0) is 9.59 Å². The van der Waals surface area contributed by atoms with Gasteiger partial charge in [0.25, 0.3) is 0 Å². The zero-order chi connectivity index (χ0) is 17.4. The summed E-state index contributed by atoms with van der Waals surface area (Å²) < 4.78 is 10.9. The highest BCUT2D eigenvalue weighted by Gasteiger charge is 2.43. The van der Waals surface area contributed by atoms with Crippen LogP contribution in [0.2, 0.25) is 0 Å². The molecule has 1 atom stereocenters. The van der Waals surface area contributed by atoms with Crippen LogP contribution in [0.1, 0.15) is 26.2 Å². The average Bonchev–Trinajstić information content (AvgIpc) is 3.03. The maximum atomic E-state index is 12.0. The van der Waals surface area contributed by atoms with E-state index < -0.39 is 11.5 Å². The Morgan fingerprint density at radius 2 is 1.92 bits per heavy atom. The summed E-state index contributed by atoms with van der Waals surface area (Å²) in [7, 11) is 0. The third-order valence-electron chi connectivity index (χ3n) is 3.76. The molecule has 1 aromatic carbocycles. The monoisotopic (exact) mass is 353 g/mol. The van der Waals surface area contributed by atoms with Crippen LogP contribution in [0.4, 0.5) is 0 Å². The molecule has 24 heavy (non-hydrogen) atoms. The van der Waals surface area contributed by atoms with Crippen LogP contribution >= 0.6 is 11.8 Å². The van der Waals surface area contributed by atoms with Gasteiger partial charge in [0, 0.05) is 12.2 Å². The van der Waals surface area contributed by atoms with Crippen LogP contribution in [0, 0.1) is 0 Å². The molecule has 6 nitrogen and oxygen atoms in total. The largest absolute Gasteiger partial charge is 0.494 e. The van der Waals surface area contributed by atoms with E-state index >= 15 is 0 Å². The van der Waals surface area contributed by atoms with E-state index in [1.807, 2.05) is 31.2 Å². The van der Waals surface area contributed by atoms with Crippen molar-refractivity contribution in [3.63, 3.8) is 0 Å². The van der Waals surface area contributed by atoms with Crippen LogP contribution < -0.4 is 14.8 Å². The molecule has 1 aliphatic rings. The molecule has 2 rings (SSSR count). The summed E-state index contributed by atoms with van der Waals surface area (Å²) in [6.45, 7) is 2.94. The fourth-order valence-electron chi connectivity index (χ4n) is 2.44. The fourth-order valence-corrected chi connectivity index (χ4v) is 3.76. The first-order chi connectivity index (χ1) is 11.6. The van der Waals surface area contributed by atoms with Crippen molar-refractivity contribution in [1.82, 2.24) is 5.32 Å². The molecule has 1 saturated heterocycles. The maximum Gasteiger partial charge on any atom is 0.330 e. The van der Waals surface area contributed by atoms with Gasteiger partial charge in [0.2, 0.25) is 5.91 Å². The van der Waals surface area contributed by atoms with Crippen molar-refractivity contribution in [3.05, 3.63) is 24.3 Å². The quantitative estimate of drug-likeness (QED) is 0.663. The van der Waals surface area contributed by atoms with Crippen LogP contribution in [0.3, 0.4) is 0 Å². The number of hydrogen-bond acceptors (Lipinski definition) is 5. The number of nitrogens with one attached hydrogen (secondary N) is 1. The van der Waals surface area contributed by atoms with Crippen LogP contribution in [0.25, 0.3) is 0 Å². The summed E-state index contributed by atoms with van der Waals surface area (Å²) in [4.78, 5) is 23.4. The fraction of sp³-hybridized carbons (Fsp3) is 0.529. The Bertz CT molecular complexity index is 555. The Balaban J connectivity index is 1.70. The van der Waals surface area contributed by atoms with E-state index in [9.17, 15) is 14.7 Å². The predicted molar refractivity (Wildman–Crippen MR) is 92.8 cm³/mol. The third-order valence-corrected chi connectivity index (χ3v) is 4.95. The normalized spacial score (nSPS) is 19.7. The van der Waals surface area contributed by atoms with Gasteiger partial charge >= 0.3 is 5.97 Å². The topological polar surface area (TPSA) is 84.9 Å². The number of ether oxygens (including phenoxy) is 2. The lowest BCUT2D eigenvalue weighted by Gasteiger charge is -2.24. The van der Waals surface area contributed by atoms with Gasteiger partial charge in [-0.2, -0.15) is 11.8 Å². The predicted octanol–water partition coefficient (Wildman–Crippen LogP) is 2.32. The molecular formula is C17H23NO5S. The van der Waals surface area contributed by atoms with Gasteiger partial charge < -0.3 is 19.9 Å². The van der Waals surface area contributed by atoms with Gasteiger partial charge in [0.15, 0.2) is 0 Å². The molecule has 2 N–H and O–H groups in total. The Kier molecular flexibility index (Phi) is 6.78. The van der Waals surface area contributed by atoms with E-state index in [2.05, 4.69) is 5.32 Å². The van der Waals surface area contributed by atoms with Crippen LogP contribution in [-0.4, -0.2) is 47.2 Å². The molecule has 1 heterocycles. The molecular weight excluding hydrogens is 330 g/mol. The van der Waals surface area contributed by atoms with Gasteiger partial charge in [-0.1, -0.05) is 0 Å². The van der Waals surface area contributed by atoms with Gasteiger partial charge in [-0.05, 0) is 49.8 Å². The SMILES string of the molecule is CCOc1ccc(OCCCC(=O)NC2(C(=O)O)CCSC2)cc1. The molecule has 0 spiro atoms. The number of benzene rings is 1. The summed E-state index contributed by atoms with van der Waals surface area (Å²) in [5.74, 6) is 1.50. The molecule has 1 unspecified atom stereocenters. The summed E-state index contributed by atoms with van der Waals surface area (Å²) >= 11 is 1.55. The second-order valence-electron chi connectivity index (χ2n) is 5.59. The lowest BCUT2D eigenvalue weighted by Crippen LogP contribution is -2.54. The molecule has 1 aromatic rings. The van der Waals surface area contributed by atoms with Crippen molar-refractivity contribution in [2.24, 2.45) is 0 Å². The van der Waals surface area contributed by atoms with Crippen molar-refractivity contribution in [3.8, 4) is 11.5 Å². The van der Waals surface area contributed by atoms with Crippen molar-refractivity contribution in [2.45, 2.75) is 31.7 Å². The molecule has 0 radical (unpaired) electrons. The minimum Gasteiger partial charge on any atom is -0.494 e. The summed E-state index contributed by atoms with van der Waals surface area (Å²) in [5, 5.41) is 12.0. The Hall–Kier alpha value is -1.89. The Morgan fingerprint density at radius 1 is 1.25 bits per heavy atom. The number of amides is 1. The van der Waals surface area contributed by atoms with Gasteiger partial charge in [0.1, 0.15) is 17.0 Å². The number of thioether (sulfide) groups is 1. The molecule has 0 saturated carbocycles. The molecule has 132 valence electrons. The lowest BCUT2D eigenvalue weighted by molar-refractivity contribution is -0.146. The van der Waals surface area contributed by atoms with E-state index in [4.69, 9.17) is 9.47 Å². The lowest BCUT2D eigenvalue weighted by atomic mass is 9.99. The summed E-state index contributed by atoms with van der Waals surface area (Å²) in [6.07, 6.45) is 1.25. The van der Waals surface area contributed by atoms with Gasteiger partial charge in [0.05, 0.1) is 13.2 Å². The van der Waals surface area contributed by atoms with Crippen LogP contribution in [0.5, 0.6) is 11.5 Å². The highest BCUT2D eigenvalue weighted by atomic mass is 32.2. The molecule has 1 aliphatic heterocycles. The van der Waals surface area contributed by atoms with Gasteiger partial charge in [-0.25, -0.2) is 4.79 Å². The Labute approximate surface area is 145 Å². The molecule has 0 aromatic heterocycles. The number of rotatable bonds is 9. The standard InChI is InChI=1S/C17H23NO5S/c1-2-22-13-5-7-14(8-6-13)23-10-3-4-15(19)18-17(16(20)21)9-11-24-12-17/h5-8H,2-4,9-12H2,1H3,(H,18,19)(H,20,21). The van der Waals surface area contributed by atoms with Crippen LogP contribution in [0.15, 0.2) is 24.3 Å². The summed E-state index contributed by atoms with van der Waals surface area (Å²) in [6, 6.07) is 7.31. The number of carboxylic acids is 1. The molecule has 0 aliphatic carbocycles. The van der Waals surface area contributed by atoms with Crippen molar-refractivity contribution in [1.29, 1.82) is 0 Å². The third kappa shape index (κ3) is 5.06. The maximum absolute atomic E-state index is 12.0. The van der Waals surface area contributed by atoms with Gasteiger partial charge in [-0.15, -0.1) is 0 Å². The van der Waals surface area contributed by atoms with Crippen molar-refractivity contribution >= 4 is 23.6 Å². The van der Waals surface area contributed by atoms with Crippen molar-refractivity contribution < 1.29 is 24.2 Å². The number of carboxylic acid groups (broad SMARTS) is 1. The zero-order valence-electron chi connectivity index (χ0n) is 13.7. The minimum atomic E-state index is -1.10. The minimum absolute atomic E-state index is 0.241. The molecule has 1 fully saturated rings. The van der Waals surface area contributed by atoms with E-state index in [1.54, 1.807) is 11.8 Å². The van der Waals surface area contributed by atoms with Crippen molar-refractivity contribution in [2.75, 3.05) is 24.7 Å².